The van der Waals surface area contributed by atoms with Gasteiger partial charge < -0.3 is 15.2 Å². The second-order valence-corrected chi connectivity index (χ2v) is 7.26. The largest absolute Gasteiger partial charge is 0.490 e. The zero-order valence-electron chi connectivity index (χ0n) is 14.6. The highest BCUT2D eigenvalue weighted by atomic mass is 16.5. The lowest BCUT2D eigenvalue weighted by atomic mass is 9.96. The molecule has 2 aliphatic rings. The number of fused-ring (bicyclic) bond motifs is 1. The highest BCUT2D eigenvalue weighted by Gasteiger charge is 2.56. The lowest BCUT2D eigenvalue weighted by Gasteiger charge is -2.22. The number of hydrogen-bond acceptors (Lipinski definition) is 4. The zero-order chi connectivity index (χ0) is 18.3. The lowest BCUT2D eigenvalue weighted by molar-refractivity contribution is -0.132. The van der Waals surface area contributed by atoms with Crippen LogP contribution in [0.3, 0.4) is 0 Å². The van der Waals surface area contributed by atoms with Crippen molar-refractivity contribution in [1.29, 1.82) is 0 Å². The molecule has 26 heavy (non-hydrogen) atoms. The van der Waals surface area contributed by atoms with E-state index in [0.717, 1.165) is 28.5 Å². The Balaban J connectivity index is 1.40. The fraction of sp³-hybridized carbons (Fsp3) is 0.400. The number of imide groups is 1. The van der Waals surface area contributed by atoms with Gasteiger partial charge in [0, 0.05) is 5.39 Å². The van der Waals surface area contributed by atoms with Gasteiger partial charge >= 0.3 is 6.03 Å². The van der Waals surface area contributed by atoms with E-state index in [1.54, 1.807) is 6.92 Å². The van der Waals surface area contributed by atoms with Gasteiger partial charge in [0.25, 0.3) is 5.91 Å². The van der Waals surface area contributed by atoms with Crippen molar-refractivity contribution >= 4 is 22.7 Å². The molecule has 2 aromatic rings. The van der Waals surface area contributed by atoms with E-state index in [1.165, 1.54) is 0 Å². The average molecular weight is 354 g/mol. The number of β-amino-alcohol motifs (C(OH)–C–C–N with tert-alkyl or cyclic N) is 1. The number of benzene rings is 2. The van der Waals surface area contributed by atoms with Crippen molar-refractivity contribution in [2.24, 2.45) is 5.92 Å². The van der Waals surface area contributed by atoms with E-state index >= 15 is 0 Å². The van der Waals surface area contributed by atoms with Gasteiger partial charge in [-0.15, -0.1) is 0 Å². The molecule has 1 saturated carbocycles. The standard InChI is InChI=1S/C20H22N2O4/c1-20(14-9-10-14)18(24)22(19(25)21-20)11-15(23)12-26-17-8-4-6-13-5-2-3-7-16(13)17/h2-8,14-15,23H,9-12H2,1H3,(H,21,25). The second-order valence-electron chi connectivity index (χ2n) is 7.26. The maximum atomic E-state index is 12.6. The molecule has 2 aromatic carbocycles. The first-order valence-electron chi connectivity index (χ1n) is 8.92. The number of aliphatic hydroxyl groups is 1. The van der Waals surface area contributed by atoms with Crippen LogP contribution in [-0.2, 0) is 4.79 Å². The van der Waals surface area contributed by atoms with Crippen molar-refractivity contribution in [2.45, 2.75) is 31.4 Å². The van der Waals surface area contributed by atoms with Gasteiger partial charge in [-0.25, -0.2) is 4.79 Å². The molecule has 1 aliphatic carbocycles. The zero-order valence-corrected chi connectivity index (χ0v) is 14.6. The summed E-state index contributed by atoms with van der Waals surface area (Å²) in [7, 11) is 0. The quantitative estimate of drug-likeness (QED) is 0.780. The SMILES string of the molecule is CC1(C2CC2)NC(=O)N(CC(O)COc2cccc3ccccc23)C1=O. The molecule has 0 radical (unpaired) electrons. The number of amides is 3. The van der Waals surface area contributed by atoms with Crippen molar-refractivity contribution in [1.82, 2.24) is 10.2 Å². The van der Waals surface area contributed by atoms with Gasteiger partial charge in [-0.05, 0) is 37.1 Å². The highest BCUT2D eigenvalue weighted by molar-refractivity contribution is 6.07. The molecule has 0 bridgehead atoms. The van der Waals surface area contributed by atoms with E-state index in [-0.39, 0.29) is 25.0 Å². The summed E-state index contributed by atoms with van der Waals surface area (Å²) in [6.45, 7) is 1.70. The Labute approximate surface area is 151 Å². The Bertz CT molecular complexity index is 859. The Kier molecular flexibility index (Phi) is 4.07. The maximum absolute atomic E-state index is 12.6. The average Bonchev–Trinajstić information content (AvgIpc) is 3.46. The van der Waals surface area contributed by atoms with Crippen LogP contribution in [0.15, 0.2) is 42.5 Å². The number of urea groups is 1. The first-order valence-corrected chi connectivity index (χ1v) is 8.92. The van der Waals surface area contributed by atoms with Crippen LogP contribution in [0.2, 0.25) is 0 Å². The molecular weight excluding hydrogens is 332 g/mol. The highest BCUT2D eigenvalue weighted by Crippen LogP contribution is 2.42. The Morgan fingerprint density at radius 1 is 1.23 bits per heavy atom. The van der Waals surface area contributed by atoms with Crippen LogP contribution >= 0.6 is 0 Å². The van der Waals surface area contributed by atoms with Crippen LogP contribution in [0.5, 0.6) is 5.75 Å². The van der Waals surface area contributed by atoms with E-state index in [2.05, 4.69) is 5.32 Å². The Morgan fingerprint density at radius 3 is 2.73 bits per heavy atom. The Morgan fingerprint density at radius 2 is 1.96 bits per heavy atom. The molecule has 2 atom stereocenters. The molecule has 0 spiro atoms. The van der Waals surface area contributed by atoms with Crippen LogP contribution in [0.4, 0.5) is 4.79 Å². The minimum absolute atomic E-state index is 0.00517. The summed E-state index contributed by atoms with van der Waals surface area (Å²) in [4.78, 5) is 25.9. The maximum Gasteiger partial charge on any atom is 0.325 e. The first kappa shape index (κ1) is 16.8. The first-order chi connectivity index (χ1) is 12.5. The lowest BCUT2D eigenvalue weighted by Crippen LogP contribution is -2.46. The summed E-state index contributed by atoms with van der Waals surface area (Å²) >= 11 is 0. The number of carbonyl (C=O) groups excluding carboxylic acids is 2. The molecule has 2 unspecified atom stereocenters. The summed E-state index contributed by atoms with van der Waals surface area (Å²) in [5, 5.41) is 15.1. The third-order valence-corrected chi connectivity index (χ3v) is 5.27. The van der Waals surface area contributed by atoms with Crippen LogP contribution in [0.1, 0.15) is 19.8 Å². The molecule has 2 fully saturated rings. The summed E-state index contributed by atoms with van der Waals surface area (Å²) < 4.78 is 5.75. The monoisotopic (exact) mass is 354 g/mol. The van der Waals surface area contributed by atoms with E-state index in [1.807, 2.05) is 42.5 Å². The summed E-state index contributed by atoms with van der Waals surface area (Å²) in [5.41, 5.74) is -0.826. The second kappa shape index (κ2) is 6.29. The number of aliphatic hydroxyl groups excluding tert-OH is 1. The molecule has 1 saturated heterocycles. The van der Waals surface area contributed by atoms with Gasteiger partial charge in [0.2, 0.25) is 0 Å². The van der Waals surface area contributed by atoms with E-state index in [0.29, 0.717) is 5.75 Å². The van der Waals surface area contributed by atoms with Crippen molar-refractivity contribution < 1.29 is 19.4 Å². The third-order valence-electron chi connectivity index (χ3n) is 5.27. The molecule has 1 aliphatic heterocycles. The number of carbonyl (C=O) groups is 2. The third kappa shape index (κ3) is 2.90. The van der Waals surface area contributed by atoms with Gasteiger partial charge in [0.05, 0.1) is 6.54 Å². The molecule has 4 rings (SSSR count). The van der Waals surface area contributed by atoms with Crippen LogP contribution in [0.25, 0.3) is 10.8 Å². The molecular formula is C20H22N2O4. The summed E-state index contributed by atoms with van der Waals surface area (Å²) in [6, 6.07) is 13.1. The molecule has 1 heterocycles. The van der Waals surface area contributed by atoms with Crippen molar-refractivity contribution in [3.05, 3.63) is 42.5 Å². The van der Waals surface area contributed by atoms with Crippen molar-refractivity contribution in [3.8, 4) is 5.75 Å². The van der Waals surface area contributed by atoms with Crippen LogP contribution < -0.4 is 10.1 Å². The topological polar surface area (TPSA) is 78.9 Å². The smallest absolute Gasteiger partial charge is 0.325 e. The number of nitrogens with one attached hydrogen (secondary N) is 1. The van der Waals surface area contributed by atoms with E-state index in [9.17, 15) is 14.7 Å². The molecule has 3 amide bonds. The minimum Gasteiger partial charge on any atom is -0.490 e. The fourth-order valence-corrected chi connectivity index (χ4v) is 3.59. The number of ether oxygens (including phenoxy) is 1. The van der Waals surface area contributed by atoms with Crippen molar-refractivity contribution in [3.63, 3.8) is 0 Å². The summed E-state index contributed by atoms with van der Waals surface area (Å²) in [6.07, 6.45) is 0.942. The summed E-state index contributed by atoms with van der Waals surface area (Å²) in [5.74, 6) is 0.615. The minimum atomic E-state index is -0.953. The molecule has 6 nitrogen and oxygen atoms in total. The number of hydrogen-bond donors (Lipinski definition) is 2. The van der Waals surface area contributed by atoms with Gasteiger partial charge in [0.1, 0.15) is 24.0 Å². The number of rotatable bonds is 6. The van der Waals surface area contributed by atoms with Crippen LogP contribution in [-0.4, -0.2) is 46.7 Å². The van der Waals surface area contributed by atoms with Gasteiger partial charge in [-0.2, -0.15) is 0 Å². The molecule has 0 aromatic heterocycles. The number of nitrogens with zero attached hydrogens (tertiary/aromatic N) is 1. The molecule has 6 heteroatoms. The van der Waals surface area contributed by atoms with Crippen LogP contribution in [0, 0.1) is 5.92 Å². The molecule has 2 N–H and O–H groups in total. The van der Waals surface area contributed by atoms with Crippen molar-refractivity contribution in [2.75, 3.05) is 13.2 Å². The predicted molar refractivity (Wildman–Crippen MR) is 96.8 cm³/mol. The van der Waals surface area contributed by atoms with E-state index < -0.39 is 17.7 Å². The fourth-order valence-electron chi connectivity index (χ4n) is 3.59. The Hall–Kier alpha value is -2.60. The normalized spacial score (nSPS) is 24.0. The van der Waals surface area contributed by atoms with Gasteiger partial charge in [-0.3, -0.25) is 9.69 Å². The van der Waals surface area contributed by atoms with Gasteiger partial charge in [0.15, 0.2) is 0 Å². The van der Waals surface area contributed by atoms with Gasteiger partial charge in [-0.1, -0.05) is 36.4 Å². The predicted octanol–water partition coefficient (Wildman–Crippen LogP) is 2.30. The molecule has 136 valence electrons. The van der Waals surface area contributed by atoms with E-state index in [4.69, 9.17) is 4.74 Å².